The van der Waals surface area contributed by atoms with E-state index in [0.29, 0.717) is 0 Å². The zero-order chi connectivity index (χ0) is 11.4. The van der Waals surface area contributed by atoms with Crippen LogP contribution in [0.15, 0.2) is 18.3 Å². The van der Waals surface area contributed by atoms with Gasteiger partial charge in [-0.3, -0.25) is 9.69 Å². The van der Waals surface area contributed by atoms with E-state index in [-0.39, 0.29) is 12.5 Å². The van der Waals surface area contributed by atoms with E-state index in [1.165, 1.54) is 0 Å². The van der Waals surface area contributed by atoms with Crippen molar-refractivity contribution in [2.45, 2.75) is 18.5 Å². The van der Waals surface area contributed by atoms with Crippen LogP contribution in [-0.2, 0) is 4.79 Å². The summed E-state index contributed by atoms with van der Waals surface area (Å²) in [5.74, 6) is -0.874. The van der Waals surface area contributed by atoms with Crippen LogP contribution in [0.5, 0.6) is 0 Å². The minimum atomic E-state index is -0.874. The quantitative estimate of drug-likeness (QED) is 0.659. The summed E-state index contributed by atoms with van der Waals surface area (Å²) in [5.41, 5.74) is 6.81. The van der Waals surface area contributed by atoms with Crippen molar-refractivity contribution in [3.05, 3.63) is 24.0 Å². The highest BCUT2D eigenvalue weighted by atomic mass is 16.4. The maximum Gasteiger partial charge on any atom is 0.304 e. The number of rotatable bonds is 5. The normalized spacial score (nSPS) is 15.2. The van der Waals surface area contributed by atoms with Gasteiger partial charge in [0.15, 0.2) is 0 Å². The molecule has 0 aliphatic rings. The Morgan fingerprint density at radius 2 is 2.33 bits per heavy atom. The number of nitrogens with two attached hydrogens (primary N) is 1. The summed E-state index contributed by atoms with van der Waals surface area (Å²) in [6.45, 7) is 0. The van der Waals surface area contributed by atoms with Crippen molar-refractivity contribution in [1.29, 1.82) is 0 Å². The lowest BCUT2D eigenvalue weighted by Crippen LogP contribution is -2.39. The van der Waals surface area contributed by atoms with Crippen LogP contribution in [0.25, 0.3) is 0 Å². The predicted octanol–water partition coefficient (Wildman–Crippen LogP) is 0.419. The molecule has 84 valence electrons. The molecule has 0 spiro atoms. The van der Waals surface area contributed by atoms with Gasteiger partial charge in [-0.1, -0.05) is 0 Å². The lowest BCUT2D eigenvalue weighted by atomic mass is 10.0. The van der Waals surface area contributed by atoms with Gasteiger partial charge in [-0.15, -0.1) is 0 Å². The van der Waals surface area contributed by atoms with E-state index in [4.69, 9.17) is 10.8 Å². The molecule has 5 nitrogen and oxygen atoms in total. The Kier molecular flexibility index (Phi) is 3.88. The Morgan fingerprint density at radius 3 is 2.73 bits per heavy atom. The molecule has 2 atom stereocenters. The van der Waals surface area contributed by atoms with Crippen LogP contribution in [0, 0.1) is 0 Å². The first-order valence-corrected chi connectivity index (χ1v) is 4.79. The van der Waals surface area contributed by atoms with Crippen LogP contribution in [0.3, 0.4) is 0 Å². The average molecular weight is 211 g/mol. The van der Waals surface area contributed by atoms with Gasteiger partial charge in [-0.25, -0.2) is 0 Å². The summed E-state index contributed by atoms with van der Waals surface area (Å²) < 4.78 is 0. The Balaban J connectivity index is 2.79. The first-order valence-electron chi connectivity index (χ1n) is 4.79. The van der Waals surface area contributed by atoms with E-state index in [2.05, 4.69) is 4.98 Å². The van der Waals surface area contributed by atoms with Crippen molar-refractivity contribution in [3.63, 3.8) is 0 Å². The van der Waals surface area contributed by atoms with Crippen molar-refractivity contribution in [1.82, 2.24) is 9.88 Å². The smallest absolute Gasteiger partial charge is 0.304 e. The zero-order valence-corrected chi connectivity index (χ0v) is 8.97. The average Bonchev–Trinajstić information content (AvgIpc) is 2.54. The van der Waals surface area contributed by atoms with Gasteiger partial charge in [0.25, 0.3) is 0 Å². The second-order valence-corrected chi connectivity index (χ2v) is 3.80. The van der Waals surface area contributed by atoms with Gasteiger partial charge in [-0.2, -0.15) is 0 Å². The van der Waals surface area contributed by atoms with Crippen LogP contribution in [-0.4, -0.2) is 41.1 Å². The van der Waals surface area contributed by atoms with Gasteiger partial charge >= 0.3 is 5.97 Å². The summed E-state index contributed by atoms with van der Waals surface area (Å²) >= 11 is 0. The molecule has 4 N–H and O–H groups in total. The van der Waals surface area contributed by atoms with Gasteiger partial charge in [0.2, 0.25) is 0 Å². The molecule has 15 heavy (non-hydrogen) atoms. The van der Waals surface area contributed by atoms with E-state index < -0.39 is 12.0 Å². The fourth-order valence-electron chi connectivity index (χ4n) is 1.73. The topological polar surface area (TPSA) is 82.3 Å². The third-order valence-electron chi connectivity index (χ3n) is 2.31. The van der Waals surface area contributed by atoms with Crippen LogP contribution >= 0.6 is 0 Å². The highest BCUT2D eigenvalue weighted by Gasteiger charge is 2.24. The highest BCUT2D eigenvalue weighted by Crippen LogP contribution is 2.20. The molecule has 0 bridgehead atoms. The molecule has 5 heteroatoms. The van der Waals surface area contributed by atoms with Crippen LogP contribution in [0.4, 0.5) is 0 Å². The lowest BCUT2D eigenvalue weighted by Gasteiger charge is -2.28. The second-order valence-electron chi connectivity index (χ2n) is 3.80. The first-order chi connectivity index (χ1) is 7.02. The summed E-state index contributed by atoms with van der Waals surface area (Å²) in [7, 11) is 3.76. The van der Waals surface area contributed by atoms with Crippen molar-refractivity contribution >= 4 is 5.97 Å². The summed E-state index contributed by atoms with van der Waals surface area (Å²) in [6.07, 6.45) is 1.77. The monoisotopic (exact) mass is 211 g/mol. The molecule has 1 aromatic heterocycles. The van der Waals surface area contributed by atoms with Crippen molar-refractivity contribution in [2.24, 2.45) is 5.73 Å². The minimum Gasteiger partial charge on any atom is -0.481 e. The summed E-state index contributed by atoms with van der Waals surface area (Å²) in [4.78, 5) is 15.6. The number of likely N-dealkylation sites (N-methyl/N-ethyl adjacent to an activating group) is 1. The largest absolute Gasteiger partial charge is 0.481 e. The van der Waals surface area contributed by atoms with Crippen molar-refractivity contribution < 1.29 is 9.90 Å². The van der Waals surface area contributed by atoms with E-state index in [0.717, 1.165) is 5.69 Å². The van der Waals surface area contributed by atoms with Gasteiger partial charge in [0.05, 0.1) is 12.5 Å². The number of carbonyl (C=O) groups is 1. The van der Waals surface area contributed by atoms with Gasteiger partial charge in [0, 0.05) is 17.9 Å². The van der Waals surface area contributed by atoms with E-state index in [1.807, 2.05) is 31.1 Å². The standard InChI is InChI=1S/C10H17N3O2/c1-13(2)10(7(11)6-9(14)15)8-4-3-5-12-8/h3-5,7,10,12H,6,11H2,1-2H3,(H,14,15). The highest BCUT2D eigenvalue weighted by molar-refractivity contribution is 5.67. The molecular formula is C10H17N3O2. The SMILES string of the molecule is CN(C)C(c1ccc[nH]1)C(N)CC(=O)O. The maximum atomic E-state index is 10.6. The molecule has 0 radical (unpaired) electrons. The van der Waals surface area contributed by atoms with E-state index in [9.17, 15) is 4.79 Å². The number of nitrogens with one attached hydrogen (secondary N) is 1. The number of aromatic amines is 1. The lowest BCUT2D eigenvalue weighted by molar-refractivity contribution is -0.137. The molecule has 0 aliphatic carbocycles. The first kappa shape index (κ1) is 11.7. The van der Waals surface area contributed by atoms with Crippen LogP contribution < -0.4 is 5.73 Å². The predicted molar refractivity (Wildman–Crippen MR) is 57.4 cm³/mol. The zero-order valence-electron chi connectivity index (χ0n) is 8.97. The van der Waals surface area contributed by atoms with E-state index in [1.54, 1.807) is 6.20 Å². The number of carboxylic acids is 1. The fourth-order valence-corrected chi connectivity index (χ4v) is 1.73. The number of carboxylic acid groups (broad SMARTS) is 1. The van der Waals surface area contributed by atoms with E-state index >= 15 is 0 Å². The number of hydrogen-bond donors (Lipinski definition) is 3. The molecule has 0 fully saturated rings. The second kappa shape index (κ2) is 4.95. The number of nitrogens with zero attached hydrogens (tertiary/aromatic N) is 1. The number of aliphatic carboxylic acids is 1. The molecule has 0 aliphatic heterocycles. The molecule has 0 aromatic carbocycles. The molecule has 0 amide bonds. The molecular weight excluding hydrogens is 194 g/mol. The van der Waals surface area contributed by atoms with Crippen LogP contribution in [0.1, 0.15) is 18.2 Å². The number of H-pyrrole nitrogens is 1. The molecule has 2 unspecified atom stereocenters. The molecule has 1 rings (SSSR count). The molecule has 1 aromatic rings. The Bertz CT molecular complexity index is 308. The Hall–Kier alpha value is -1.33. The van der Waals surface area contributed by atoms with Gasteiger partial charge in [0.1, 0.15) is 0 Å². The van der Waals surface area contributed by atoms with Crippen molar-refractivity contribution in [3.8, 4) is 0 Å². The maximum absolute atomic E-state index is 10.6. The third-order valence-corrected chi connectivity index (χ3v) is 2.31. The molecule has 0 saturated heterocycles. The summed E-state index contributed by atoms with van der Waals surface area (Å²) in [5, 5.41) is 8.70. The Morgan fingerprint density at radius 1 is 1.67 bits per heavy atom. The minimum absolute atomic E-state index is 0.0398. The van der Waals surface area contributed by atoms with Gasteiger partial charge < -0.3 is 15.8 Å². The summed E-state index contributed by atoms with van der Waals surface area (Å²) in [6, 6.07) is 3.26. The van der Waals surface area contributed by atoms with Crippen LogP contribution in [0.2, 0.25) is 0 Å². The van der Waals surface area contributed by atoms with Gasteiger partial charge in [-0.05, 0) is 26.2 Å². The van der Waals surface area contributed by atoms with Crippen molar-refractivity contribution in [2.75, 3.05) is 14.1 Å². The molecule has 1 heterocycles. The third kappa shape index (κ3) is 3.07. The molecule has 0 saturated carbocycles. The number of hydrogen-bond acceptors (Lipinski definition) is 3. The fraction of sp³-hybridized carbons (Fsp3) is 0.500. The Labute approximate surface area is 88.9 Å². The number of aromatic nitrogens is 1.